The van der Waals surface area contributed by atoms with Crippen molar-refractivity contribution in [3.05, 3.63) is 48.0 Å². The second kappa shape index (κ2) is 7.16. The summed E-state index contributed by atoms with van der Waals surface area (Å²) < 4.78 is 35.8. The Morgan fingerprint density at radius 2 is 1.85 bits per heavy atom. The molecule has 0 radical (unpaired) electrons. The van der Waals surface area contributed by atoms with Crippen molar-refractivity contribution < 1.29 is 27.5 Å². The first-order chi connectivity index (χ1) is 12.8. The maximum atomic E-state index is 12.4. The van der Waals surface area contributed by atoms with Crippen LogP contribution in [0.1, 0.15) is 10.4 Å². The fraction of sp³-hybridized carbons (Fsp3) is 0.176. The summed E-state index contributed by atoms with van der Waals surface area (Å²) in [5.74, 6) is -0.457. The molecule has 3 rings (SSSR count). The molecule has 0 saturated carbocycles. The van der Waals surface area contributed by atoms with E-state index >= 15 is 0 Å². The van der Waals surface area contributed by atoms with Crippen molar-refractivity contribution in [1.29, 1.82) is 0 Å². The molecule has 10 heteroatoms. The maximum absolute atomic E-state index is 12.4. The Morgan fingerprint density at radius 1 is 1.15 bits per heavy atom. The van der Waals surface area contributed by atoms with Crippen molar-refractivity contribution in [3.63, 3.8) is 0 Å². The minimum absolute atomic E-state index is 0.0437. The van der Waals surface area contributed by atoms with Crippen molar-refractivity contribution >= 4 is 33.2 Å². The van der Waals surface area contributed by atoms with Gasteiger partial charge in [-0.3, -0.25) is 13.9 Å². The van der Waals surface area contributed by atoms with Crippen LogP contribution in [0.15, 0.2) is 42.5 Å². The first-order valence-corrected chi connectivity index (χ1v) is 9.66. The van der Waals surface area contributed by atoms with Crippen LogP contribution in [0.4, 0.5) is 11.4 Å². The molecule has 2 aromatic carbocycles. The maximum Gasteiger partial charge on any atom is 0.250 e. The van der Waals surface area contributed by atoms with Gasteiger partial charge in [0.25, 0.3) is 5.91 Å². The molecule has 27 heavy (non-hydrogen) atoms. The summed E-state index contributed by atoms with van der Waals surface area (Å²) in [5, 5.41) is 2.51. The number of carbonyl (C=O) groups excluding carboxylic acids is 2. The van der Waals surface area contributed by atoms with Crippen LogP contribution in [-0.2, 0) is 14.8 Å². The number of benzene rings is 2. The van der Waals surface area contributed by atoms with Gasteiger partial charge in [-0.2, -0.15) is 0 Å². The standard InChI is InChI=1S/C17H17N3O6S/c1-27(23,24)20(11-6-7-14-15(8-11)26-10-25-14)9-16(21)19-13-5-3-2-4-12(13)17(18)22/h2-8H,9-10H2,1H3,(H2,18,22)(H,19,21). The van der Waals surface area contributed by atoms with Gasteiger partial charge < -0.3 is 20.5 Å². The van der Waals surface area contributed by atoms with Crippen molar-refractivity contribution in [3.8, 4) is 11.5 Å². The summed E-state index contributed by atoms with van der Waals surface area (Å²) in [6, 6.07) is 10.7. The summed E-state index contributed by atoms with van der Waals surface area (Å²) in [4.78, 5) is 23.9. The third-order valence-electron chi connectivity index (χ3n) is 3.80. The van der Waals surface area contributed by atoms with Gasteiger partial charge in [-0.15, -0.1) is 0 Å². The number of nitrogens with one attached hydrogen (secondary N) is 1. The number of carbonyl (C=O) groups is 2. The Hall–Kier alpha value is -3.27. The molecule has 142 valence electrons. The number of rotatable bonds is 6. The molecule has 0 saturated heterocycles. The van der Waals surface area contributed by atoms with Crippen LogP contribution >= 0.6 is 0 Å². The molecule has 0 atom stereocenters. The highest BCUT2D eigenvalue weighted by Gasteiger charge is 2.24. The number of ether oxygens (including phenoxy) is 2. The van der Waals surface area contributed by atoms with Gasteiger partial charge >= 0.3 is 0 Å². The van der Waals surface area contributed by atoms with E-state index in [0.29, 0.717) is 11.5 Å². The number of nitrogens with zero attached hydrogens (tertiary/aromatic N) is 1. The lowest BCUT2D eigenvalue weighted by Gasteiger charge is -2.22. The van der Waals surface area contributed by atoms with E-state index in [1.807, 2.05) is 0 Å². The number of hydrogen-bond donors (Lipinski definition) is 2. The molecule has 0 spiro atoms. The zero-order valence-electron chi connectivity index (χ0n) is 14.3. The SMILES string of the molecule is CS(=O)(=O)N(CC(=O)Nc1ccccc1C(N)=O)c1ccc2c(c1)OCO2. The summed E-state index contributed by atoms with van der Waals surface area (Å²) in [5.41, 5.74) is 5.86. The number of hydrogen-bond acceptors (Lipinski definition) is 6. The predicted octanol–water partition coefficient (Wildman–Crippen LogP) is 0.919. The molecule has 0 aromatic heterocycles. The molecule has 0 aliphatic carbocycles. The highest BCUT2D eigenvalue weighted by atomic mass is 32.2. The first-order valence-electron chi connectivity index (χ1n) is 7.82. The lowest BCUT2D eigenvalue weighted by molar-refractivity contribution is -0.114. The smallest absolute Gasteiger partial charge is 0.250 e. The number of amides is 2. The van der Waals surface area contributed by atoms with Crippen molar-refractivity contribution in [2.45, 2.75) is 0 Å². The number of fused-ring (bicyclic) bond motifs is 1. The van der Waals surface area contributed by atoms with Crippen LogP contribution in [0, 0.1) is 0 Å². The molecule has 3 N–H and O–H groups in total. The van der Waals surface area contributed by atoms with Crippen molar-refractivity contribution in [1.82, 2.24) is 0 Å². The van der Waals surface area contributed by atoms with Crippen LogP contribution in [0.5, 0.6) is 11.5 Å². The summed E-state index contributed by atoms with van der Waals surface area (Å²) in [6.07, 6.45) is 0.988. The third kappa shape index (κ3) is 4.11. The third-order valence-corrected chi connectivity index (χ3v) is 4.94. The van der Waals surface area contributed by atoms with Gasteiger partial charge in [0.15, 0.2) is 11.5 Å². The minimum atomic E-state index is -3.76. The van der Waals surface area contributed by atoms with Crippen LogP contribution in [0.3, 0.4) is 0 Å². The molecule has 2 aromatic rings. The average Bonchev–Trinajstić information content (AvgIpc) is 3.06. The highest BCUT2D eigenvalue weighted by Crippen LogP contribution is 2.36. The van der Waals surface area contributed by atoms with Crippen molar-refractivity contribution in [2.24, 2.45) is 5.73 Å². The van der Waals surface area contributed by atoms with Gasteiger partial charge in [0.1, 0.15) is 6.54 Å². The van der Waals surface area contributed by atoms with Gasteiger partial charge in [0.2, 0.25) is 22.7 Å². The molecule has 1 heterocycles. The molecule has 1 aliphatic rings. The Kier molecular flexibility index (Phi) is 4.91. The first kappa shape index (κ1) is 18.5. The Bertz CT molecular complexity index is 1010. The number of nitrogens with two attached hydrogens (primary N) is 1. The van der Waals surface area contributed by atoms with Crippen LogP contribution in [0.25, 0.3) is 0 Å². The largest absolute Gasteiger partial charge is 0.454 e. The van der Waals surface area contributed by atoms with Gasteiger partial charge in [-0.25, -0.2) is 8.42 Å². The molecule has 0 fully saturated rings. The minimum Gasteiger partial charge on any atom is -0.454 e. The fourth-order valence-corrected chi connectivity index (χ4v) is 3.42. The van der Waals surface area contributed by atoms with E-state index in [-0.39, 0.29) is 23.7 Å². The highest BCUT2D eigenvalue weighted by molar-refractivity contribution is 7.92. The Balaban J connectivity index is 1.84. The van der Waals surface area contributed by atoms with E-state index < -0.39 is 28.4 Å². The quantitative estimate of drug-likeness (QED) is 0.754. The Labute approximate surface area is 155 Å². The van der Waals surface area contributed by atoms with Gasteiger partial charge in [0, 0.05) is 6.07 Å². The zero-order chi connectivity index (χ0) is 19.6. The monoisotopic (exact) mass is 391 g/mol. The van der Waals surface area contributed by atoms with Crippen LogP contribution < -0.4 is 24.8 Å². The molecule has 1 aliphatic heterocycles. The molecule has 0 unspecified atom stereocenters. The van der Waals surface area contributed by atoms with E-state index in [4.69, 9.17) is 15.2 Å². The second-order valence-electron chi connectivity index (χ2n) is 5.77. The lowest BCUT2D eigenvalue weighted by atomic mass is 10.1. The zero-order valence-corrected chi connectivity index (χ0v) is 15.2. The number of primary amides is 1. The fourth-order valence-electron chi connectivity index (χ4n) is 2.57. The number of sulfonamides is 1. The van der Waals surface area contributed by atoms with Crippen LogP contribution in [0.2, 0.25) is 0 Å². The molecule has 0 bridgehead atoms. The molecule has 2 amide bonds. The molecule has 9 nitrogen and oxygen atoms in total. The number of para-hydroxylation sites is 1. The molecular formula is C17H17N3O6S. The lowest BCUT2D eigenvalue weighted by Crippen LogP contribution is -2.37. The summed E-state index contributed by atoms with van der Waals surface area (Å²) in [7, 11) is -3.76. The van der Waals surface area contributed by atoms with E-state index in [1.165, 1.54) is 24.3 Å². The second-order valence-corrected chi connectivity index (χ2v) is 7.67. The number of anilines is 2. The van der Waals surface area contributed by atoms with Gasteiger partial charge in [0.05, 0.1) is 23.2 Å². The van der Waals surface area contributed by atoms with E-state index in [0.717, 1.165) is 10.6 Å². The van der Waals surface area contributed by atoms with Crippen molar-refractivity contribution in [2.75, 3.05) is 29.2 Å². The topological polar surface area (TPSA) is 128 Å². The predicted molar refractivity (Wildman–Crippen MR) is 98.3 cm³/mol. The van der Waals surface area contributed by atoms with E-state index in [1.54, 1.807) is 18.2 Å². The summed E-state index contributed by atoms with van der Waals surface area (Å²) in [6.45, 7) is -0.451. The van der Waals surface area contributed by atoms with E-state index in [9.17, 15) is 18.0 Å². The van der Waals surface area contributed by atoms with Crippen LogP contribution in [-0.4, -0.2) is 39.8 Å². The molecular weight excluding hydrogens is 374 g/mol. The Morgan fingerprint density at radius 3 is 2.56 bits per heavy atom. The summed E-state index contributed by atoms with van der Waals surface area (Å²) >= 11 is 0. The normalized spacial score (nSPS) is 12.5. The average molecular weight is 391 g/mol. The van der Waals surface area contributed by atoms with Gasteiger partial charge in [-0.1, -0.05) is 12.1 Å². The van der Waals surface area contributed by atoms with E-state index in [2.05, 4.69) is 5.32 Å². The van der Waals surface area contributed by atoms with Gasteiger partial charge in [-0.05, 0) is 24.3 Å².